The van der Waals surface area contributed by atoms with Crippen LogP contribution in [0.3, 0.4) is 0 Å². The molecule has 2 atom stereocenters. The van der Waals surface area contributed by atoms with Gasteiger partial charge >= 0.3 is 5.97 Å². The summed E-state index contributed by atoms with van der Waals surface area (Å²) in [5.74, 6) is 0.421. The molecule has 1 fully saturated rings. The van der Waals surface area contributed by atoms with Crippen molar-refractivity contribution in [3.8, 4) is 0 Å². The molecule has 1 aromatic rings. The van der Waals surface area contributed by atoms with Gasteiger partial charge in [0.05, 0.1) is 12.7 Å². The third-order valence-corrected chi connectivity index (χ3v) is 5.44. The number of hydrogen-bond acceptors (Lipinski definition) is 4. The van der Waals surface area contributed by atoms with E-state index in [1.807, 2.05) is 43.3 Å². The number of allylic oxidation sites excluding steroid dienone is 1. The van der Waals surface area contributed by atoms with E-state index in [-0.39, 0.29) is 30.4 Å². The maximum atomic E-state index is 12.1. The van der Waals surface area contributed by atoms with Gasteiger partial charge in [0, 0.05) is 6.08 Å². The first kappa shape index (κ1) is 22.6. The van der Waals surface area contributed by atoms with Gasteiger partial charge < -0.3 is 14.2 Å². The molecule has 0 N–H and O–H groups in total. The first-order chi connectivity index (χ1) is 13.4. The fourth-order valence-electron chi connectivity index (χ4n) is 3.89. The van der Waals surface area contributed by atoms with Gasteiger partial charge in [0.25, 0.3) is 0 Å². The van der Waals surface area contributed by atoms with Crippen LogP contribution in [-0.2, 0) is 25.6 Å². The van der Waals surface area contributed by atoms with E-state index in [0.717, 1.165) is 37.7 Å². The summed E-state index contributed by atoms with van der Waals surface area (Å²) in [6, 6.07) is 10.1. The molecule has 0 saturated heterocycles. The molecule has 0 spiro atoms. The Morgan fingerprint density at radius 2 is 1.82 bits per heavy atom. The summed E-state index contributed by atoms with van der Waals surface area (Å²) in [6.07, 6.45) is 8.55. The van der Waals surface area contributed by atoms with E-state index in [1.54, 1.807) is 6.08 Å². The Labute approximate surface area is 170 Å². The molecular weight excluding hydrogens is 352 g/mol. The van der Waals surface area contributed by atoms with E-state index in [2.05, 4.69) is 20.8 Å². The summed E-state index contributed by atoms with van der Waals surface area (Å²) >= 11 is 0. The van der Waals surface area contributed by atoms with Gasteiger partial charge in [0.15, 0.2) is 0 Å². The standard InChI is InChI=1S/C24H36O4/c1-19(2)23(27-18-26-17-21-12-6-5-7-13-21)20(3)11-10-14-22(25)28-24(4)15-8-9-16-24/h5-7,10,12-14,19-20,23H,8-9,11,15-18H2,1-4H3/b14-10+/t20-,23+/m0/s1. The molecule has 2 rings (SSSR count). The van der Waals surface area contributed by atoms with Crippen LogP contribution in [0.2, 0.25) is 0 Å². The van der Waals surface area contributed by atoms with Crippen LogP contribution in [0.5, 0.6) is 0 Å². The number of carbonyl (C=O) groups excluding carboxylic acids is 1. The lowest BCUT2D eigenvalue weighted by atomic mass is 9.92. The van der Waals surface area contributed by atoms with Crippen LogP contribution in [0.4, 0.5) is 0 Å². The second-order valence-corrected chi connectivity index (χ2v) is 8.52. The SMILES string of the molecule is CC(C)[C@@H](OCOCc1ccccc1)[C@@H](C)C/C=C/C(=O)OC1(C)CCCC1. The minimum Gasteiger partial charge on any atom is -0.456 e. The van der Waals surface area contributed by atoms with Crippen LogP contribution in [0, 0.1) is 11.8 Å². The van der Waals surface area contributed by atoms with Crippen LogP contribution in [0.15, 0.2) is 42.5 Å². The summed E-state index contributed by atoms with van der Waals surface area (Å²) in [7, 11) is 0. The molecule has 0 radical (unpaired) electrons. The van der Waals surface area contributed by atoms with Crippen molar-refractivity contribution in [2.24, 2.45) is 11.8 Å². The fraction of sp³-hybridized carbons (Fsp3) is 0.625. The number of ether oxygens (including phenoxy) is 3. The number of hydrogen-bond donors (Lipinski definition) is 0. The molecule has 1 saturated carbocycles. The van der Waals surface area contributed by atoms with Crippen molar-refractivity contribution in [1.29, 1.82) is 0 Å². The topological polar surface area (TPSA) is 44.8 Å². The Morgan fingerprint density at radius 1 is 1.14 bits per heavy atom. The Bertz CT molecular complexity index is 602. The van der Waals surface area contributed by atoms with Crippen LogP contribution < -0.4 is 0 Å². The van der Waals surface area contributed by atoms with Crippen LogP contribution in [-0.4, -0.2) is 24.5 Å². The average Bonchev–Trinajstić information content (AvgIpc) is 3.07. The summed E-state index contributed by atoms with van der Waals surface area (Å²) in [4.78, 5) is 12.1. The zero-order valence-corrected chi connectivity index (χ0v) is 17.9. The molecule has 28 heavy (non-hydrogen) atoms. The largest absolute Gasteiger partial charge is 0.456 e. The molecule has 0 aliphatic heterocycles. The van der Waals surface area contributed by atoms with E-state index in [9.17, 15) is 4.79 Å². The van der Waals surface area contributed by atoms with Gasteiger partial charge in [-0.25, -0.2) is 4.79 Å². The number of esters is 1. The molecule has 1 aliphatic carbocycles. The highest BCUT2D eigenvalue weighted by Gasteiger charge is 2.31. The molecule has 0 bridgehead atoms. The number of benzene rings is 1. The highest BCUT2D eigenvalue weighted by molar-refractivity contribution is 5.82. The predicted octanol–water partition coefficient (Wildman–Crippen LogP) is 5.66. The third kappa shape index (κ3) is 7.76. The van der Waals surface area contributed by atoms with Gasteiger partial charge in [-0.2, -0.15) is 0 Å². The average molecular weight is 389 g/mol. The summed E-state index contributed by atoms with van der Waals surface area (Å²) in [6.45, 7) is 9.30. The molecule has 156 valence electrons. The highest BCUT2D eigenvalue weighted by Crippen LogP contribution is 2.32. The quantitative estimate of drug-likeness (QED) is 0.212. The molecule has 4 nitrogen and oxygen atoms in total. The molecule has 0 unspecified atom stereocenters. The molecule has 1 aromatic carbocycles. The molecule has 1 aliphatic rings. The normalized spacial score (nSPS) is 18.5. The van der Waals surface area contributed by atoms with Crippen molar-refractivity contribution in [2.45, 2.75) is 78.1 Å². The first-order valence-corrected chi connectivity index (χ1v) is 10.5. The van der Waals surface area contributed by atoms with Crippen molar-refractivity contribution in [1.82, 2.24) is 0 Å². The maximum Gasteiger partial charge on any atom is 0.330 e. The predicted molar refractivity (Wildman–Crippen MR) is 112 cm³/mol. The molecule has 0 amide bonds. The van der Waals surface area contributed by atoms with E-state index in [0.29, 0.717) is 12.5 Å². The lowest BCUT2D eigenvalue weighted by molar-refractivity contribution is -0.151. The van der Waals surface area contributed by atoms with Gasteiger partial charge in [-0.3, -0.25) is 0 Å². The molecule has 0 heterocycles. The lowest BCUT2D eigenvalue weighted by Crippen LogP contribution is -2.28. The second kappa shape index (κ2) is 11.4. The Kier molecular flexibility index (Phi) is 9.20. The molecular formula is C24H36O4. The van der Waals surface area contributed by atoms with Gasteiger partial charge in [0.1, 0.15) is 12.4 Å². The lowest BCUT2D eigenvalue weighted by Gasteiger charge is -2.27. The zero-order chi connectivity index (χ0) is 20.4. The summed E-state index contributed by atoms with van der Waals surface area (Å²) in [5.41, 5.74) is 0.866. The van der Waals surface area contributed by atoms with Crippen molar-refractivity contribution < 1.29 is 19.0 Å². The summed E-state index contributed by atoms with van der Waals surface area (Å²) in [5, 5.41) is 0. The fourth-order valence-corrected chi connectivity index (χ4v) is 3.89. The smallest absolute Gasteiger partial charge is 0.330 e. The van der Waals surface area contributed by atoms with E-state index in [4.69, 9.17) is 14.2 Å². The van der Waals surface area contributed by atoms with Crippen molar-refractivity contribution in [3.05, 3.63) is 48.0 Å². The van der Waals surface area contributed by atoms with E-state index >= 15 is 0 Å². The minimum absolute atomic E-state index is 0.0730. The Balaban J connectivity index is 1.72. The third-order valence-electron chi connectivity index (χ3n) is 5.44. The van der Waals surface area contributed by atoms with Gasteiger partial charge in [-0.1, -0.05) is 57.2 Å². The highest BCUT2D eigenvalue weighted by atomic mass is 16.7. The number of carbonyl (C=O) groups is 1. The van der Waals surface area contributed by atoms with E-state index < -0.39 is 0 Å². The maximum absolute atomic E-state index is 12.1. The van der Waals surface area contributed by atoms with Gasteiger partial charge in [-0.15, -0.1) is 0 Å². The molecule has 4 heteroatoms. The molecule has 0 aromatic heterocycles. The van der Waals surface area contributed by atoms with Crippen LogP contribution in [0.1, 0.15) is 65.4 Å². The van der Waals surface area contributed by atoms with Crippen LogP contribution >= 0.6 is 0 Å². The van der Waals surface area contributed by atoms with Crippen molar-refractivity contribution in [3.63, 3.8) is 0 Å². The van der Waals surface area contributed by atoms with Gasteiger partial charge in [0.2, 0.25) is 0 Å². The Morgan fingerprint density at radius 3 is 2.46 bits per heavy atom. The first-order valence-electron chi connectivity index (χ1n) is 10.5. The van der Waals surface area contributed by atoms with Crippen molar-refractivity contribution in [2.75, 3.05) is 6.79 Å². The van der Waals surface area contributed by atoms with Crippen molar-refractivity contribution >= 4 is 5.97 Å². The monoisotopic (exact) mass is 388 g/mol. The number of rotatable bonds is 11. The van der Waals surface area contributed by atoms with Gasteiger partial charge in [-0.05, 0) is 56.4 Å². The second-order valence-electron chi connectivity index (χ2n) is 8.52. The Hall–Kier alpha value is -1.65. The summed E-state index contributed by atoms with van der Waals surface area (Å²) < 4.78 is 17.3. The van der Waals surface area contributed by atoms with Crippen LogP contribution in [0.25, 0.3) is 0 Å². The minimum atomic E-state index is -0.271. The van der Waals surface area contributed by atoms with E-state index in [1.165, 1.54) is 0 Å². The zero-order valence-electron chi connectivity index (χ0n) is 17.9.